The van der Waals surface area contributed by atoms with Crippen molar-refractivity contribution in [2.75, 3.05) is 6.54 Å². The Kier molecular flexibility index (Phi) is 5.74. The van der Waals surface area contributed by atoms with E-state index in [1.807, 2.05) is 48.7 Å². The van der Waals surface area contributed by atoms with Gasteiger partial charge in [0.1, 0.15) is 17.4 Å². The number of ether oxygens (including phenoxy) is 1. The van der Waals surface area contributed by atoms with Gasteiger partial charge in [-0.2, -0.15) is 0 Å². The third-order valence-electron chi connectivity index (χ3n) is 3.58. The van der Waals surface area contributed by atoms with E-state index in [0.717, 1.165) is 22.0 Å². The number of carbonyl (C=O) groups excluding carboxylic acids is 1. The zero-order chi connectivity index (χ0) is 17.5. The van der Waals surface area contributed by atoms with Crippen LogP contribution in [0.4, 0.5) is 0 Å². The lowest BCUT2D eigenvalue weighted by atomic mass is 10.1. The molecule has 1 aromatic carbocycles. The number of hydrogen-bond donors (Lipinski definition) is 1. The van der Waals surface area contributed by atoms with Crippen molar-refractivity contribution in [2.45, 2.75) is 20.0 Å². The van der Waals surface area contributed by atoms with Crippen molar-refractivity contribution in [2.24, 2.45) is 0 Å². The fourth-order valence-electron chi connectivity index (χ4n) is 2.22. The Morgan fingerprint density at radius 3 is 2.84 bits per heavy atom. The van der Waals surface area contributed by atoms with Crippen molar-refractivity contribution in [1.82, 2.24) is 15.3 Å². The zero-order valence-corrected chi connectivity index (χ0v) is 14.8. The van der Waals surface area contributed by atoms with E-state index in [0.29, 0.717) is 25.1 Å². The number of aromatic nitrogens is 2. The molecule has 0 unspecified atom stereocenters. The van der Waals surface area contributed by atoms with Crippen LogP contribution in [0.2, 0.25) is 0 Å². The predicted octanol–water partition coefficient (Wildman–Crippen LogP) is 3.40. The minimum atomic E-state index is -0.0598. The average Bonchev–Trinajstić information content (AvgIpc) is 3.09. The van der Waals surface area contributed by atoms with E-state index in [-0.39, 0.29) is 5.91 Å². The lowest BCUT2D eigenvalue weighted by Gasteiger charge is -2.04. The summed E-state index contributed by atoms with van der Waals surface area (Å²) in [6.45, 7) is 2.98. The van der Waals surface area contributed by atoms with Crippen molar-refractivity contribution in [3.8, 4) is 5.75 Å². The standard InChI is InChI=1S/C19H19N3O2S/c1-14-4-6-15(7-5-14)19(23)21-10-8-16-13-25-18(22-16)12-24-17-3-2-9-20-11-17/h2-7,9,11,13H,8,10,12H2,1H3,(H,21,23). The summed E-state index contributed by atoms with van der Waals surface area (Å²) >= 11 is 1.56. The molecule has 0 radical (unpaired) electrons. The summed E-state index contributed by atoms with van der Waals surface area (Å²) in [5.41, 5.74) is 2.77. The van der Waals surface area contributed by atoms with Crippen molar-refractivity contribution in [3.63, 3.8) is 0 Å². The van der Waals surface area contributed by atoms with Gasteiger partial charge in [-0.05, 0) is 31.2 Å². The van der Waals surface area contributed by atoms with Crippen molar-refractivity contribution in [3.05, 3.63) is 76.0 Å². The van der Waals surface area contributed by atoms with Crippen LogP contribution < -0.4 is 10.1 Å². The molecule has 25 heavy (non-hydrogen) atoms. The van der Waals surface area contributed by atoms with E-state index < -0.39 is 0 Å². The summed E-state index contributed by atoms with van der Waals surface area (Å²) in [5, 5.41) is 5.83. The molecule has 2 heterocycles. The highest BCUT2D eigenvalue weighted by atomic mass is 32.1. The van der Waals surface area contributed by atoms with Gasteiger partial charge < -0.3 is 10.1 Å². The number of nitrogens with zero attached hydrogens (tertiary/aromatic N) is 2. The predicted molar refractivity (Wildman–Crippen MR) is 97.9 cm³/mol. The average molecular weight is 353 g/mol. The van der Waals surface area contributed by atoms with Crippen molar-refractivity contribution >= 4 is 17.2 Å². The molecule has 3 rings (SSSR count). The largest absolute Gasteiger partial charge is 0.485 e. The number of rotatable bonds is 7. The number of benzene rings is 1. The number of hydrogen-bond acceptors (Lipinski definition) is 5. The highest BCUT2D eigenvalue weighted by Crippen LogP contribution is 2.14. The van der Waals surface area contributed by atoms with Crippen molar-refractivity contribution < 1.29 is 9.53 Å². The lowest BCUT2D eigenvalue weighted by molar-refractivity contribution is 0.0954. The zero-order valence-electron chi connectivity index (χ0n) is 13.9. The molecule has 0 aliphatic heterocycles. The molecule has 128 valence electrons. The fourth-order valence-corrected chi connectivity index (χ4v) is 2.96. The Balaban J connectivity index is 1.44. The van der Waals surface area contributed by atoms with Gasteiger partial charge >= 0.3 is 0 Å². The first-order valence-corrected chi connectivity index (χ1v) is 8.89. The molecular formula is C19H19N3O2S. The van der Waals surface area contributed by atoms with Crippen LogP contribution in [0.15, 0.2) is 54.2 Å². The monoisotopic (exact) mass is 353 g/mol. The fraction of sp³-hybridized carbons (Fsp3) is 0.211. The van der Waals surface area contributed by atoms with Gasteiger partial charge in [-0.3, -0.25) is 9.78 Å². The second-order valence-corrected chi connectivity index (χ2v) is 6.52. The minimum absolute atomic E-state index is 0.0598. The van der Waals surface area contributed by atoms with Gasteiger partial charge in [-0.15, -0.1) is 11.3 Å². The molecule has 0 fully saturated rings. The highest BCUT2D eigenvalue weighted by Gasteiger charge is 2.06. The van der Waals surface area contributed by atoms with Crippen LogP contribution in [0.5, 0.6) is 5.75 Å². The highest BCUT2D eigenvalue weighted by molar-refractivity contribution is 7.09. The quantitative estimate of drug-likeness (QED) is 0.707. The van der Waals surface area contributed by atoms with Crippen LogP contribution in [0, 0.1) is 6.92 Å². The Bertz CT molecular complexity index is 816. The molecule has 6 heteroatoms. The van der Waals surface area contributed by atoms with Crippen LogP contribution in [0.1, 0.15) is 26.6 Å². The number of carbonyl (C=O) groups is 1. The van der Waals surface area contributed by atoms with E-state index in [4.69, 9.17) is 4.74 Å². The van der Waals surface area contributed by atoms with Gasteiger partial charge in [0.25, 0.3) is 5.91 Å². The molecule has 5 nitrogen and oxygen atoms in total. The van der Waals surface area contributed by atoms with Crippen LogP contribution in [0.25, 0.3) is 0 Å². The molecule has 0 aliphatic carbocycles. The molecule has 0 bridgehead atoms. The molecule has 2 aromatic heterocycles. The summed E-state index contributed by atoms with van der Waals surface area (Å²) in [6.07, 6.45) is 4.08. The van der Waals surface area contributed by atoms with Gasteiger partial charge in [0.05, 0.1) is 11.9 Å². The molecule has 1 N–H and O–H groups in total. The second kappa shape index (κ2) is 8.39. The molecule has 1 amide bonds. The van der Waals surface area contributed by atoms with Crippen LogP contribution in [-0.2, 0) is 13.0 Å². The first-order valence-electron chi connectivity index (χ1n) is 8.02. The topological polar surface area (TPSA) is 64.1 Å². The number of amides is 1. The second-order valence-electron chi connectivity index (χ2n) is 5.58. The van der Waals surface area contributed by atoms with E-state index in [1.54, 1.807) is 23.7 Å². The van der Waals surface area contributed by atoms with Gasteiger partial charge in [0, 0.05) is 30.1 Å². The first-order chi connectivity index (χ1) is 12.2. The first kappa shape index (κ1) is 17.1. The maximum absolute atomic E-state index is 12.1. The van der Waals surface area contributed by atoms with Gasteiger partial charge in [0.15, 0.2) is 0 Å². The third-order valence-corrected chi connectivity index (χ3v) is 4.45. The van der Waals surface area contributed by atoms with E-state index in [1.165, 1.54) is 0 Å². The maximum atomic E-state index is 12.1. The Hall–Kier alpha value is -2.73. The number of aryl methyl sites for hydroxylation is 1. The summed E-state index contributed by atoms with van der Waals surface area (Å²) in [5.74, 6) is 0.667. The Labute approximate surface area is 150 Å². The number of thiazole rings is 1. The van der Waals surface area contributed by atoms with E-state index >= 15 is 0 Å². The smallest absolute Gasteiger partial charge is 0.251 e. The molecular weight excluding hydrogens is 334 g/mol. The van der Waals surface area contributed by atoms with Crippen LogP contribution in [-0.4, -0.2) is 22.4 Å². The van der Waals surface area contributed by atoms with Crippen molar-refractivity contribution in [1.29, 1.82) is 0 Å². The molecule has 0 saturated heterocycles. The lowest BCUT2D eigenvalue weighted by Crippen LogP contribution is -2.25. The molecule has 3 aromatic rings. The SMILES string of the molecule is Cc1ccc(C(=O)NCCc2csc(COc3cccnc3)n2)cc1. The van der Waals surface area contributed by atoms with E-state index in [9.17, 15) is 4.79 Å². The van der Waals surface area contributed by atoms with Gasteiger partial charge in [-0.1, -0.05) is 17.7 Å². The summed E-state index contributed by atoms with van der Waals surface area (Å²) < 4.78 is 5.63. The molecule has 0 atom stereocenters. The number of pyridine rings is 1. The third kappa shape index (κ3) is 5.12. The summed E-state index contributed by atoms with van der Waals surface area (Å²) in [6, 6.07) is 11.2. The van der Waals surface area contributed by atoms with Crippen LogP contribution >= 0.6 is 11.3 Å². The molecule has 0 saturated carbocycles. The minimum Gasteiger partial charge on any atom is -0.485 e. The molecule has 0 spiro atoms. The Morgan fingerprint density at radius 2 is 2.08 bits per heavy atom. The number of nitrogens with one attached hydrogen (secondary N) is 1. The maximum Gasteiger partial charge on any atom is 0.251 e. The van der Waals surface area contributed by atoms with Gasteiger partial charge in [-0.25, -0.2) is 4.98 Å². The summed E-state index contributed by atoms with van der Waals surface area (Å²) in [4.78, 5) is 20.6. The molecule has 0 aliphatic rings. The van der Waals surface area contributed by atoms with Crippen LogP contribution in [0.3, 0.4) is 0 Å². The Morgan fingerprint density at radius 1 is 1.24 bits per heavy atom. The van der Waals surface area contributed by atoms with E-state index in [2.05, 4.69) is 15.3 Å². The normalized spacial score (nSPS) is 10.4. The van der Waals surface area contributed by atoms with Gasteiger partial charge in [0.2, 0.25) is 0 Å². The summed E-state index contributed by atoms with van der Waals surface area (Å²) in [7, 11) is 0.